The van der Waals surface area contributed by atoms with Gasteiger partial charge in [0.05, 0.1) is 6.10 Å². The first-order valence-corrected chi connectivity index (χ1v) is 8.39. The predicted octanol–water partition coefficient (Wildman–Crippen LogP) is 4.00. The van der Waals surface area contributed by atoms with Crippen LogP contribution >= 0.6 is 0 Å². The summed E-state index contributed by atoms with van der Waals surface area (Å²) < 4.78 is 6.01. The molecule has 0 bridgehead atoms. The fraction of sp³-hybridized carbons (Fsp3) is 0.667. The van der Waals surface area contributed by atoms with Crippen LogP contribution in [-0.2, 0) is 5.54 Å². The van der Waals surface area contributed by atoms with Gasteiger partial charge in [-0.05, 0) is 68.7 Å². The zero-order valence-electron chi connectivity index (χ0n) is 12.2. The van der Waals surface area contributed by atoms with Gasteiger partial charge in [0.25, 0.3) is 0 Å². The van der Waals surface area contributed by atoms with Crippen LogP contribution < -0.4 is 10.1 Å². The van der Waals surface area contributed by atoms with Gasteiger partial charge in [-0.15, -0.1) is 0 Å². The summed E-state index contributed by atoms with van der Waals surface area (Å²) in [7, 11) is 0. The Morgan fingerprint density at radius 3 is 2.75 bits per heavy atom. The number of benzene rings is 1. The van der Waals surface area contributed by atoms with Gasteiger partial charge < -0.3 is 10.1 Å². The summed E-state index contributed by atoms with van der Waals surface area (Å²) >= 11 is 0. The molecule has 2 heteroatoms. The van der Waals surface area contributed by atoms with Crippen molar-refractivity contribution in [1.29, 1.82) is 0 Å². The van der Waals surface area contributed by atoms with Crippen molar-refractivity contribution in [3.63, 3.8) is 0 Å². The van der Waals surface area contributed by atoms with E-state index in [1.807, 2.05) is 0 Å². The van der Waals surface area contributed by atoms with E-state index in [-0.39, 0.29) is 5.54 Å². The third kappa shape index (κ3) is 2.46. The molecule has 0 aromatic heterocycles. The third-order valence-electron chi connectivity index (χ3n) is 5.14. The summed E-state index contributed by atoms with van der Waals surface area (Å²) in [5, 5.41) is 3.91. The number of hydrogen-bond donors (Lipinski definition) is 1. The van der Waals surface area contributed by atoms with E-state index >= 15 is 0 Å². The molecule has 0 spiro atoms. The predicted molar refractivity (Wildman–Crippen MR) is 81.0 cm³/mol. The Labute approximate surface area is 121 Å². The van der Waals surface area contributed by atoms with Gasteiger partial charge in [-0.2, -0.15) is 0 Å². The lowest BCUT2D eigenvalue weighted by molar-refractivity contribution is 0.273. The lowest BCUT2D eigenvalue weighted by atomic mass is 9.81. The minimum atomic E-state index is 0.236. The zero-order chi connectivity index (χ0) is 13.4. The standard InChI is InChI=1S/C18H25NO/c1-2-11-18(14-7-8-14,19-12-3-1)15-5-4-6-17(13-15)20-16-9-10-16/h4-6,13-14,16,19H,1-3,7-12H2. The SMILES string of the molecule is c1cc(OC2CC2)cc(C2(C3CC3)CCCCCN2)c1. The van der Waals surface area contributed by atoms with E-state index in [2.05, 4.69) is 29.6 Å². The molecule has 1 saturated heterocycles. The number of nitrogens with one attached hydrogen (secondary N) is 1. The van der Waals surface area contributed by atoms with Gasteiger partial charge in [0, 0.05) is 5.54 Å². The molecule has 2 saturated carbocycles. The fourth-order valence-electron chi connectivity index (χ4n) is 3.74. The number of rotatable bonds is 4. The van der Waals surface area contributed by atoms with Crippen molar-refractivity contribution in [1.82, 2.24) is 5.32 Å². The molecule has 4 rings (SSSR count). The summed E-state index contributed by atoms with van der Waals surface area (Å²) in [6.07, 6.45) is 11.1. The number of hydrogen-bond acceptors (Lipinski definition) is 2. The largest absolute Gasteiger partial charge is 0.490 e. The highest BCUT2D eigenvalue weighted by atomic mass is 16.5. The van der Waals surface area contributed by atoms with Gasteiger partial charge in [-0.1, -0.05) is 25.0 Å². The van der Waals surface area contributed by atoms with Gasteiger partial charge in [0.1, 0.15) is 5.75 Å². The van der Waals surface area contributed by atoms with Crippen molar-refractivity contribution < 1.29 is 4.74 Å². The van der Waals surface area contributed by atoms with Crippen LogP contribution in [0.4, 0.5) is 0 Å². The summed E-state index contributed by atoms with van der Waals surface area (Å²) in [6.45, 7) is 1.17. The Balaban J connectivity index is 1.64. The van der Waals surface area contributed by atoms with Crippen LogP contribution in [0.25, 0.3) is 0 Å². The highest BCUT2D eigenvalue weighted by Gasteiger charge is 2.46. The van der Waals surface area contributed by atoms with Crippen molar-refractivity contribution in [2.24, 2.45) is 5.92 Å². The van der Waals surface area contributed by atoms with Crippen LogP contribution in [0.15, 0.2) is 24.3 Å². The normalized spacial score (nSPS) is 30.8. The molecular formula is C18H25NO. The van der Waals surface area contributed by atoms with Gasteiger partial charge in [-0.3, -0.25) is 0 Å². The smallest absolute Gasteiger partial charge is 0.120 e. The van der Waals surface area contributed by atoms with E-state index in [9.17, 15) is 0 Å². The van der Waals surface area contributed by atoms with Crippen molar-refractivity contribution in [3.8, 4) is 5.75 Å². The van der Waals surface area contributed by atoms with Gasteiger partial charge in [-0.25, -0.2) is 0 Å². The Kier molecular flexibility index (Phi) is 3.22. The Morgan fingerprint density at radius 1 is 1.05 bits per heavy atom. The van der Waals surface area contributed by atoms with Crippen molar-refractivity contribution in [3.05, 3.63) is 29.8 Å². The van der Waals surface area contributed by atoms with E-state index in [0.29, 0.717) is 6.10 Å². The summed E-state index contributed by atoms with van der Waals surface area (Å²) in [5.74, 6) is 1.92. The first-order valence-electron chi connectivity index (χ1n) is 8.39. The second-order valence-electron chi connectivity index (χ2n) is 6.83. The Hall–Kier alpha value is -1.02. The van der Waals surface area contributed by atoms with E-state index in [1.54, 1.807) is 0 Å². The Morgan fingerprint density at radius 2 is 1.95 bits per heavy atom. The third-order valence-corrected chi connectivity index (χ3v) is 5.14. The van der Waals surface area contributed by atoms with Crippen molar-refractivity contribution in [2.45, 2.75) is 63.0 Å². The maximum atomic E-state index is 6.01. The molecule has 0 radical (unpaired) electrons. The lowest BCUT2D eigenvalue weighted by Crippen LogP contribution is -2.43. The molecule has 2 nitrogen and oxygen atoms in total. The van der Waals surface area contributed by atoms with Gasteiger partial charge in [0.15, 0.2) is 0 Å². The average Bonchev–Trinajstić information content (AvgIpc) is 3.30. The maximum absolute atomic E-state index is 6.01. The highest BCUT2D eigenvalue weighted by molar-refractivity contribution is 5.35. The second-order valence-corrected chi connectivity index (χ2v) is 6.83. The molecule has 1 aliphatic heterocycles. The molecule has 1 unspecified atom stereocenters. The van der Waals surface area contributed by atoms with Crippen LogP contribution in [0.2, 0.25) is 0 Å². The monoisotopic (exact) mass is 271 g/mol. The second kappa shape index (κ2) is 5.07. The van der Waals surface area contributed by atoms with Crippen LogP contribution in [0.5, 0.6) is 5.75 Å². The van der Waals surface area contributed by atoms with Gasteiger partial charge in [0.2, 0.25) is 0 Å². The summed E-state index contributed by atoms with van der Waals surface area (Å²) in [4.78, 5) is 0. The molecule has 3 aliphatic rings. The highest BCUT2D eigenvalue weighted by Crippen LogP contribution is 2.49. The van der Waals surface area contributed by atoms with E-state index in [4.69, 9.17) is 4.74 Å². The minimum Gasteiger partial charge on any atom is -0.490 e. The summed E-state index contributed by atoms with van der Waals surface area (Å²) in [6, 6.07) is 8.94. The van der Waals surface area contributed by atoms with E-state index < -0.39 is 0 Å². The van der Waals surface area contributed by atoms with Crippen LogP contribution in [0.1, 0.15) is 56.9 Å². The van der Waals surface area contributed by atoms with Gasteiger partial charge >= 0.3 is 0 Å². The molecule has 1 aromatic rings. The molecule has 1 N–H and O–H groups in total. The molecule has 3 fully saturated rings. The van der Waals surface area contributed by atoms with E-state index in [1.165, 1.54) is 63.5 Å². The molecule has 0 amide bonds. The first kappa shape index (κ1) is 12.7. The zero-order valence-corrected chi connectivity index (χ0v) is 12.2. The number of ether oxygens (including phenoxy) is 1. The van der Waals surface area contributed by atoms with E-state index in [0.717, 1.165) is 11.7 Å². The van der Waals surface area contributed by atoms with Crippen LogP contribution in [0, 0.1) is 5.92 Å². The maximum Gasteiger partial charge on any atom is 0.120 e. The molecular weight excluding hydrogens is 246 g/mol. The van der Waals surface area contributed by atoms with Crippen LogP contribution in [-0.4, -0.2) is 12.6 Å². The molecule has 2 aliphatic carbocycles. The molecule has 1 atom stereocenters. The van der Waals surface area contributed by atoms with Crippen molar-refractivity contribution in [2.75, 3.05) is 6.54 Å². The summed E-state index contributed by atoms with van der Waals surface area (Å²) in [5.41, 5.74) is 1.71. The quantitative estimate of drug-likeness (QED) is 0.894. The van der Waals surface area contributed by atoms with Crippen LogP contribution in [0.3, 0.4) is 0 Å². The Bertz CT molecular complexity index is 468. The first-order chi connectivity index (χ1) is 9.87. The lowest BCUT2D eigenvalue weighted by Gasteiger charge is -2.35. The molecule has 20 heavy (non-hydrogen) atoms. The van der Waals surface area contributed by atoms with Crippen molar-refractivity contribution >= 4 is 0 Å². The molecule has 1 heterocycles. The minimum absolute atomic E-state index is 0.236. The molecule has 1 aromatic carbocycles. The average molecular weight is 271 g/mol. The molecule has 108 valence electrons. The fourth-order valence-corrected chi connectivity index (χ4v) is 3.74. The topological polar surface area (TPSA) is 21.3 Å².